The van der Waals surface area contributed by atoms with Crippen LogP contribution in [-0.2, 0) is 4.74 Å². The second kappa shape index (κ2) is 6.50. The van der Waals surface area contributed by atoms with Crippen LogP contribution in [0.25, 0.3) is 0 Å². The Kier molecular flexibility index (Phi) is 4.71. The van der Waals surface area contributed by atoms with Gasteiger partial charge in [0.15, 0.2) is 0 Å². The number of hydrogen-bond acceptors (Lipinski definition) is 3. The molecule has 1 amide bonds. The van der Waals surface area contributed by atoms with Crippen LogP contribution in [0.1, 0.15) is 37.0 Å². The zero-order valence-corrected chi connectivity index (χ0v) is 11.7. The quantitative estimate of drug-likeness (QED) is 0.680. The Morgan fingerprint density at radius 2 is 2.25 bits per heavy atom. The number of halogens is 1. The molecule has 1 aliphatic carbocycles. The van der Waals surface area contributed by atoms with Crippen LogP contribution in [0.3, 0.4) is 0 Å². The van der Waals surface area contributed by atoms with E-state index in [-0.39, 0.29) is 17.6 Å². The van der Waals surface area contributed by atoms with E-state index in [0.29, 0.717) is 12.5 Å². The fourth-order valence-corrected chi connectivity index (χ4v) is 1.52. The average molecular weight is 278 g/mol. The highest BCUT2D eigenvalue weighted by molar-refractivity contribution is 6.04. The Hall–Kier alpha value is -1.91. The van der Waals surface area contributed by atoms with Crippen LogP contribution in [0, 0.1) is 11.7 Å². The highest BCUT2D eigenvalue weighted by Gasteiger charge is 2.22. The monoisotopic (exact) mass is 278 g/mol. The Balaban J connectivity index is 2.01. The summed E-state index contributed by atoms with van der Waals surface area (Å²) in [5, 5.41) is 2.61. The molecule has 0 spiro atoms. The molecule has 1 aliphatic rings. The van der Waals surface area contributed by atoms with Gasteiger partial charge in [-0.3, -0.25) is 10.1 Å². The molecule has 0 aromatic heterocycles. The summed E-state index contributed by atoms with van der Waals surface area (Å²) in [6, 6.07) is 6.00. The normalized spacial score (nSPS) is 15.3. The van der Waals surface area contributed by atoms with Crippen LogP contribution in [0.5, 0.6) is 0 Å². The van der Waals surface area contributed by atoms with E-state index in [2.05, 4.69) is 10.3 Å². The summed E-state index contributed by atoms with van der Waals surface area (Å²) >= 11 is 0. The van der Waals surface area contributed by atoms with Gasteiger partial charge >= 0.3 is 0 Å². The number of rotatable bonds is 4. The molecule has 2 rings (SSSR count). The summed E-state index contributed by atoms with van der Waals surface area (Å²) in [6.07, 6.45) is 2.04. The molecule has 0 saturated heterocycles. The van der Waals surface area contributed by atoms with Gasteiger partial charge in [-0.15, -0.1) is 0 Å². The highest BCUT2D eigenvalue weighted by Crippen LogP contribution is 2.23. The van der Waals surface area contributed by atoms with Crippen LogP contribution < -0.4 is 5.32 Å². The summed E-state index contributed by atoms with van der Waals surface area (Å²) < 4.78 is 18.6. The number of amidine groups is 1. The number of ether oxygens (including phenoxy) is 1. The third-order valence-electron chi connectivity index (χ3n) is 2.71. The predicted molar refractivity (Wildman–Crippen MR) is 75.1 cm³/mol. The van der Waals surface area contributed by atoms with Crippen molar-refractivity contribution in [3.05, 3.63) is 35.6 Å². The number of nitrogens with one attached hydrogen (secondary N) is 1. The Bertz CT molecular complexity index is 510. The van der Waals surface area contributed by atoms with Gasteiger partial charge in [0.1, 0.15) is 5.82 Å². The lowest BCUT2D eigenvalue weighted by Gasteiger charge is -2.12. The van der Waals surface area contributed by atoms with Crippen molar-refractivity contribution >= 4 is 11.9 Å². The maximum absolute atomic E-state index is 13.1. The molecule has 1 aromatic rings. The summed E-state index contributed by atoms with van der Waals surface area (Å²) in [5.41, 5.74) is 0.252. The molecule has 20 heavy (non-hydrogen) atoms. The minimum absolute atomic E-state index is 0.232. The molecule has 0 radical (unpaired) electrons. The number of aliphatic imine (C=N–C) groups is 1. The van der Waals surface area contributed by atoms with E-state index in [1.807, 2.05) is 13.8 Å². The van der Waals surface area contributed by atoms with Crippen molar-refractivity contribution in [1.29, 1.82) is 0 Å². The van der Waals surface area contributed by atoms with Crippen molar-refractivity contribution in [1.82, 2.24) is 5.32 Å². The van der Waals surface area contributed by atoms with Crippen molar-refractivity contribution in [2.24, 2.45) is 10.9 Å². The van der Waals surface area contributed by atoms with Crippen molar-refractivity contribution in [2.45, 2.75) is 32.7 Å². The molecule has 0 atom stereocenters. The van der Waals surface area contributed by atoms with Gasteiger partial charge in [-0.1, -0.05) is 19.9 Å². The van der Waals surface area contributed by atoms with Crippen LogP contribution in [0.15, 0.2) is 29.3 Å². The molecule has 4 nitrogen and oxygen atoms in total. The molecular weight excluding hydrogens is 259 g/mol. The Morgan fingerprint density at radius 3 is 2.85 bits per heavy atom. The van der Waals surface area contributed by atoms with Crippen molar-refractivity contribution in [2.75, 3.05) is 6.61 Å². The zero-order valence-electron chi connectivity index (χ0n) is 11.7. The molecule has 0 unspecified atom stereocenters. The van der Waals surface area contributed by atoms with Crippen LogP contribution in [0.4, 0.5) is 4.39 Å². The van der Waals surface area contributed by atoms with E-state index in [9.17, 15) is 9.18 Å². The van der Waals surface area contributed by atoms with Crippen LogP contribution in [-0.4, -0.2) is 24.6 Å². The number of amides is 1. The molecule has 0 bridgehead atoms. The molecule has 5 heteroatoms. The molecule has 0 aliphatic heterocycles. The Labute approximate surface area is 118 Å². The number of carbonyl (C=O) groups excluding carboxylic acids is 1. The molecule has 1 saturated carbocycles. The van der Waals surface area contributed by atoms with E-state index >= 15 is 0 Å². The molecule has 1 N–H and O–H groups in total. The second-order valence-electron chi connectivity index (χ2n) is 5.33. The van der Waals surface area contributed by atoms with Gasteiger partial charge in [0, 0.05) is 5.56 Å². The van der Waals surface area contributed by atoms with Gasteiger partial charge in [-0.25, -0.2) is 9.38 Å². The first-order valence-electron chi connectivity index (χ1n) is 6.82. The summed E-state index contributed by atoms with van der Waals surface area (Å²) in [4.78, 5) is 16.3. The number of benzene rings is 1. The second-order valence-corrected chi connectivity index (χ2v) is 5.33. The van der Waals surface area contributed by atoms with Crippen LogP contribution in [0.2, 0.25) is 0 Å². The molecule has 1 aromatic carbocycles. The van der Waals surface area contributed by atoms with Gasteiger partial charge < -0.3 is 4.74 Å². The van der Waals surface area contributed by atoms with E-state index in [4.69, 9.17) is 4.74 Å². The fraction of sp³-hybridized carbons (Fsp3) is 0.467. The summed E-state index contributed by atoms with van der Waals surface area (Å²) in [5.74, 6) is -0.514. The maximum atomic E-state index is 13.1. The van der Waals surface area contributed by atoms with Crippen molar-refractivity contribution < 1.29 is 13.9 Å². The number of nitrogens with zero attached hydrogens (tertiary/aromatic N) is 1. The number of carbonyl (C=O) groups is 1. The Morgan fingerprint density at radius 1 is 1.50 bits per heavy atom. The third kappa shape index (κ3) is 4.64. The zero-order chi connectivity index (χ0) is 14.5. The lowest BCUT2D eigenvalue weighted by atomic mass is 10.2. The summed E-state index contributed by atoms with van der Waals surface area (Å²) in [7, 11) is 0. The molecule has 1 fully saturated rings. The van der Waals surface area contributed by atoms with Crippen molar-refractivity contribution in [3.63, 3.8) is 0 Å². The topological polar surface area (TPSA) is 50.7 Å². The minimum atomic E-state index is -0.443. The van der Waals surface area contributed by atoms with Gasteiger partial charge in [-0.05, 0) is 37.0 Å². The van der Waals surface area contributed by atoms with E-state index < -0.39 is 11.7 Å². The van der Waals surface area contributed by atoms with E-state index in [1.54, 1.807) is 6.07 Å². The fourth-order valence-electron chi connectivity index (χ4n) is 1.52. The standard InChI is InChI=1S/C15H19FN2O2/c1-10(2)9-20-15(17-13-6-7-13)18-14(19)11-4-3-5-12(16)8-11/h3-5,8,10,13H,6-7,9H2,1-2H3,(H,17,18,19). The SMILES string of the molecule is CC(C)COC(=NC1CC1)NC(=O)c1cccc(F)c1. The lowest BCUT2D eigenvalue weighted by molar-refractivity contribution is 0.0962. The minimum Gasteiger partial charge on any atom is -0.465 e. The number of hydrogen-bond donors (Lipinski definition) is 1. The molecule has 108 valence electrons. The van der Waals surface area contributed by atoms with Gasteiger partial charge in [0.2, 0.25) is 0 Å². The third-order valence-corrected chi connectivity index (χ3v) is 2.71. The molecule has 0 heterocycles. The maximum Gasteiger partial charge on any atom is 0.291 e. The van der Waals surface area contributed by atoms with Gasteiger partial charge in [0.25, 0.3) is 11.9 Å². The summed E-state index contributed by atoms with van der Waals surface area (Å²) in [6.45, 7) is 4.52. The first-order chi connectivity index (χ1) is 9.54. The van der Waals surface area contributed by atoms with Gasteiger partial charge in [0.05, 0.1) is 12.6 Å². The average Bonchev–Trinajstić information content (AvgIpc) is 3.19. The van der Waals surface area contributed by atoms with Gasteiger partial charge in [-0.2, -0.15) is 0 Å². The largest absolute Gasteiger partial charge is 0.465 e. The predicted octanol–water partition coefficient (Wildman–Crippen LogP) is 2.75. The highest BCUT2D eigenvalue weighted by atomic mass is 19.1. The molecular formula is C15H19FN2O2. The van der Waals surface area contributed by atoms with Crippen LogP contribution >= 0.6 is 0 Å². The lowest BCUT2D eigenvalue weighted by Crippen LogP contribution is -2.33. The van der Waals surface area contributed by atoms with E-state index in [1.165, 1.54) is 18.2 Å². The smallest absolute Gasteiger partial charge is 0.291 e. The first-order valence-corrected chi connectivity index (χ1v) is 6.82. The first kappa shape index (κ1) is 14.5. The van der Waals surface area contributed by atoms with Crippen molar-refractivity contribution in [3.8, 4) is 0 Å². The van der Waals surface area contributed by atoms with E-state index in [0.717, 1.165) is 12.8 Å².